The number of aromatic nitrogens is 1. The van der Waals surface area contributed by atoms with E-state index in [1.54, 1.807) is 12.1 Å². The first-order chi connectivity index (χ1) is 8.56. The molecule has 0 saturated carbocycles. The van der Waals surface area contributed by atoms with E-state index in [0.29, 0.717) is 17.2 Å². The lowest BCUT2D eigenvalue weighted by atomic mass is 10.2. The third-order valence-electron chi connectivity index (χ3n) is 2.35. The Kier molecular flexibility index (Phi) is 3.14. The van der Waals surface area contributed by atoms with Crippen molar-refractivity contribution < 1.29 is 14.6 Å². The molecule has 0 radical (unpaired) electrons. The summed E-state index contributed by atoms with van der Waals surface area (Å²) in [6.07, 6.45) is 1.35. The van der Waals surface area contributed by atoms with Gasteiger partial charge < -0.3 is 15.6 Å². The molecule has 0 aliphatic heterocycles. The molecule has 18 heavy (non-hydrogen) atoms. The molecule has 0 saturated heterocycles. The van der Waals surface area contributed by atoms with E-state index in [0.717, 1.165) is 5.56 Å². The monoisotopic (exact) mass is 244 g/mol. The molecule has 92 valence electrons. The Bertz CT molecular complexity index is 579. The number of anilines is 1. The second kappa shape index (κ2) is 4.75. The molecule has 0 fully saturated rings. The second-order valence-corrected chi connectivity index (χ2v) is 3.83. The van der Waals surface area contributed by atoms with Crippen LogP contribution in [0.1, 0.15) is 16.1 Å². The largest absolute Gasteiger partial charge is 0.477 e. The summed E-state index contributed by atoms with van der Waals surface area (Å²) >= 11 is 0. The Morgan fingerprint density at radius 1 is 1.33 bits per heavy atom. The Morgan fingerprint density at radius 2 is 2.11 bits per heavy atom. The van der Waals surface area contributed by atoms with Gasteiger partial charge in [-0.25, -0.2) is 9.78 Å². The highest BCUT2D eigenvalue weighted by atomic mass is 16.5. The number of aromatic carboxylic acids is 1. The number of carbonyl (C=O) groups is 1. The number of nitrogen functional groups attached to an aromatic ring is 1. The molecule has 0 spiro atoms. The molecule has 0 atom stereocenters. The fourth-order valence-electron chi connectivity index (χ4n) is 1.45. The molecule has 1 aromatic carbocycles. The smallest absolute Gasteiger partial charge is 0.354 e. The number of aryl methyl sites for hydroxylation is 1. The number of nitrogens with two attached hydrogens (primary N) is 1. The lowest BCUT2D eigenvalue weighted by Gasteiger charge is -2.08. The van der Waals surface area contributed by atoms with Crippen molar-refractivity contribution in [1.29, 1.82) is 0 Å². The summed E-state index contributed by atoms with van der Waals surface area (Å²) in [5, 5.41) is 8.72. The first-order valence-corrected chi connectivity index (χ1v) is 5.29. The van der Waals surface area contributed by atoms with Gasteiger partial charge in [-0.1, -0.05) is 6.07 Å². The van der Waals surface area contributed by atoms with Crippen LogP contribution in [0.3, 0.4) is 0 Å². The predicted octanol–water partition coefficient (Wildman–Crippen LogP) is 2.46. The van der Waals surface area contributed by atoms with E-state index in [9.17, 15) is 4.79 Å². The molecule has 5 heteroatoms. The summed E-state index contributed by atoms with van der Waals surface area (Å²) in [7, 11) is 0. The predicted molar refractivity (Wildman–Crippen MR) is 66.9 cm³/mol. The summed E-state index contributed by atoms with van der Waals surface area (Å²) in [5.74, 6) is -0.113. The van der Waals surface area contributed by atoms with Crippen LogP contribution < -0.4 is 10.5 Å². The summed E-state index contributed by atoms with van der Waals surface area (Å²) in [6.45, 7) is 1.93. The highest BCUT2D eigenvalue weighted by Crippen LogP contribution is 2.27. The second-order valence-electron chi connectivity index (χ2n) is 3.83. The maximum absolute atomic E-state index is 10.6. The summed E-state index contributed by atoms with van der Waals surface area (Å²) in [5.41, 5.74) is 7.35. The van der Waals surface area contributed by atoms with E-state index >= 15 is 0 Å². The highest BCUT2D eigenvalue weighted by molar-refractivity contribution is 5.85. The number of ether oxygens (including phenoxy) is 1. The maximum atomic E-state index is 10.6. The maximum Gasteiger partial charge on any atom is 0.354 e. The molecule has 0 aliphatic carbocycles. The first kappa shape index (κ1) is 11.9. The Labute approximate surface area is 104 Å². The zero-order valence-electron chi connectivity index (χ0n) is 9.75. The minimum Gasteiger partial charge on any atom is -0.477 e. The molecular formula is C13H12N2O3. The molecule has 2 rings (SSSR count). The van der Waals surface area contributed by atoms with E-state index in [2.05, 4.69) is 4.98 Å². The molecule has 1 aromatic heterocycles. The van der Waals surface area contributed by atoms with Crippen LogP contribution in [0.2, 0.25) is 0 Å². The van der Waals surface area contributed by atoms with Crippen LogP contribution in [0, 0.1) is 6.92 Å². The highest BCUT2D eigenvalue weighted by Gasteiger charge is 2.06. The number of carboxylic acid groups (broad SMARTS) is 1. The number of rotatable bonds is 3. The fourth-order valence-corrected chi connectivity index (χ4v) is 1.45. The van der Waals surface area contributed by atoms with Crippen LogP contribution in [0.25, 0.3) is 0 Å². The van der Waals surface area contributed by atoms with E-state index < -0.39 is 5.97 Å². The first-order valence-electron chi connectivity index (χ1n) is 5.29. The van der Waals surface area contributed by atoms with Crippen LogP contribution in [-0.2, 0) is 0 Å². The summed E-state index contributed by atoms with van der Waals surface area (Å²) < 4.78 is 5.52. The van der Waals surface area contributed by atoms with Crippen LogP contribution in [0.5, 0.6) is 11.5 Å². The Morgan fingerprint density at radius 3 is 2.67 bits per heavy atom. The van der Waals surface area contributed by atoms with E-state index in [4.69, 9.17) is 15.6 Å². The SMILES string of the molecule is Cc1ccc(Oc2ccc(C(=O)O)nc2)c(N)c1. The minimum absolute atomic E-state index is 0.0285. The Balaban J connectivity index is 2.21. The number of benzene rings is 1. The quantitative estimate of drug-likeness (QED) is 0.810. The van der Waals surface area contributed by atoms with Crippen molar-refractivity contribution in [2.45, 2.75) is 6.92 Å². The Hall–Kier alpha value is -2.56. The van der Waals surface area contributed by atoms with Crippen LogP contribution >= 0.6 is 0 Å². The van der Waals surface area contributed by atoms with Crippen molar-refractivity contribution in [3.05, 3.63) is 47.8 Å². The number of hydrogen-bond acceptors (Lipinski definition) is 4. The lowest BCUT2D eigenvalue weighted by Crippen LogP contribution is -1.99. The van der Waals surface area contributed by atoms with Gasteiger partial charge in [0, 0.05) is 0 Å². The van der Waals surface area contributed by atoms with E-state index in [-0.39, 0.29) is 5.69 Å². The van der Waals surface area contributed by atoms with Crippen molar-refractivity contribution in [2.24, 2.45) is 0 Å². The lowest BCUT2D eigenvalue weighted by molar-refractivity contribution is 0.0690. The van der Waals surface area contributed by atoms with E-state index in [1.807, 2.05) is 13.0 Å². The molecule has 0 bridgehead atoms. The zero-order chi connectivity index (χ0) is 13.1. The molecule has 3 N–H and O–H groups in total. The normalized spacial score (nSPS) is 10.1. The van der Waals surface area contributed by atoms with Crippen molar-refractivity contribution >= 4 is 11.7 Å². The molecular weight excluding hydrogens is 232 g/mol. The number of pyridine rings is 1. The van der Waals surface area contributed by atoms with Gasteiger partial charge >= 0.3 is 5.97 Å². The van der Waals surface area contributed by atoms with Gasteiger partial charge in [0.1, 0.15) is 17.2 Å². The number of carboxylic acids is 1. The standard InChI is InChI=1S/C13H12N2O3/c1-8-2-5-12(10(14)6-8)18-9-3-4-11(13(16)17)15-7-9/h2-7H,14H2,1H3,(H,16,17). The average Bonchev–Trinajstić information content (AvgIpc) is 2.33. The topological polar surface area (TPSA) is 85.4 Å². The molecule has 5 nitrogen and oxygen atoms in total. The number of nitrogens with zero attached hydrogens (tertiary/aromatic N) is 1. The van der Waals surface area contributed by atoms with Gasteiger partial charge in [-0.05, 0) is 36.8 Å². The average molecular weight is 244 g/mol. The molecule has 1 heterocycles. The van der Waals surface area contributed by atoms with Crippen molar-refractivity contribution in [1.82, 2.24) is 4.98 Å². The fraction of sp³-hybridized carbons (Fsp3) is 0.0769. The zero-order valence-corrected chi connectivity index (χ0v) is 9.75. The van der Waals surface area contributed by atoms with E-state index in [1.165, 1.54) is 18.3 Å². The molecule has 0 amide bonds. The van der Waals surface area contributed by atoms with Gasteiger partial charge in [-0.3, -0.25) is 0 Å². The third-order valence-corrected chi connectivity index (χ3v) is 2.35. The third kappa shape index (κ3) is 2.57. The van der Waals surface area contributed by atoms with Crippen LogP contribution in [0.15, 0.2) is 36.5 Å². The van der Waals surface area contributed by atoms with Gasteiger partial charge in [0.15, 0.2) is 0 Å². The van der Waals surface area contributed by atoms with Gasteiger partial charge in [-0.2, -0.15) is 0 Å². The molecule has 0 unspecified atom stereocenters. The van der Waals surface area contributed by atoms with Crippen molar-refractivity contribution in [2.75, 3.05) is 5.73 Å². The van der Waals surface area contributed by atoms with Crippen molar-refractivity contribution in [3.8, 4) is 11.5 Å². The molecule has 2 aromatic rings. The van der Waals surface area contributed by atoms with Gasteiger partial charge in [-0.15, -0.1) is 0 Å². The van der Waals surface area contributed by atoms with Gasteiger partial charge in [0.25, 0.3) is 0 Å². The van der Waals surface area contributed by atoms with Gasteiger partial charge in [0.05, 0.1) is 11.9 Å². The summed E-state index contributed by atoms with van der Waals surface area (Å²) in [4.78, 5) is 14.4. The van der Waals surface area contributed by atoms with Gasteiger partial charge in [0.2, 0.25) is 0 Å². The van der Waals surface area contributed by atoms with Crippen LogP contribution in [-0.4, -0.2) is 16.1 Å². The van der Waals surface area contributed by atoms with Crippen molar-refractivity contribution in [3.63, 3.8) is 0 Å². The van der Waals surface area contributed by atoms with Crippen LogP contribution in [0.4, 0.5) is 5.69 Å². The molecule has 0 aliphatic rings. The minimum atomic E-state index is -1.07. The number of hydrogen-bond donors (Lipinski definition) is 2. The summed E-state index contributed by atoms with van der Waals surface area (Å²) in [6, 6.07) is 8.35.